The number of hydrogen-bond donors (Lipinski definition) is 2. The third-order valence-corrected chi connectivity index (χ3v) is 5.36. The number of aryl methyl sites for hydroxylation is 1. The Kier molecular flexibility index (Phi) is 9.70. The minimum atomic E-state index is -0.715. The van der Waals surface area contributed by atoms with E-state index in [1.807, 2.05) is 42.5 Å². The number of nitrogens with zero attached hydrogens (tertiary/aromatic N) is 1. The fourth-order valence-corrected chi connectivity index (χ4v) is 3.55. The van der Waals surface area contributed by atoms with Crippen LogP contribution in [0.15, 0.2) is 84.9 Å². The first kappa shape index (κ1) is 24.5. The van der Waals surface area contributed by atoms with Gasteiger partial charge in [0.15, 0.2) is 6.61 Å². The van der Waals surface area contributed by atoms with Crippen LogP contribution in [0.2, 0.25) is 0 Å². The highest BCUT2D eigenvalue weighted by Gasteiger charge is 2.21. The monoisotopic (exact) mass is 455 g/mol. The molecule has 3 aromatic carbocycles. The Morgan fingerprint density at radius 1 is 0.853 bits per heavy atom. The van der Waals surface area contributed by atoms with Crippen molar-refractivity contribution >= 4 is 11.8 Å². The van der Waals surface area contributed by atoms with Crippen LogP contribution in [-0.2, 0) is 17.6 Å². The number of carbonyl (C=O) groups is 2. The normalized spacial score (nSPS) is 11.1. The van der Waals surface area contributed by atoms with E-state index >= 15 is 0 Å². The van der Waals surface area contributed by atoms with Gasteiger partial charge < -0.3 is 15.4 Å². The molecule has 0 saturated heterocycles. The highest BCUT2D eigenvalue weighted by molar-refractivity contribution is 5.97. The summed E-state index contributed by atoms with van der Waals surface area (Å²) < 4.78 is 5.28. The summed E-state index contributed by atoms with van der Waals surface area (Å²) in [5.74, 6) is 0.0747. The summed E-state index contributed by atoms with van der Waals surface area (Å²) in [5.41, 5.74) is 2.66. The summed E-state index contributed by atoms with van der Waals surface area (Å²) >= 11 is 0. The van der Waals surface area contributed by atoms with Gasteiger partial charge in [-0.15, -0.1) is 0 Å². The molecule has 34 heavy (non-hydrogen) atoms. The largest absolute Gasteiger partial charge is 0.479 e. The lowest BCUT2D eigenvalue weighted by Crippen LogP contribution is -2.48. The van der Waals surface area contributed by atoms with Crippen LogP contribution in [0.1, 0.15) is 34.3 Å². The van der Waals surface area contributed by atoms with Gasteiger partial charge in [-0.1, -0.05) is 60.7 Å². The second-order valence-corrected chi connectivity index (χ2v) is 7.92. The molecule has 0 fully saturated rings. The van der Waals surface area contributed by atoms with Crippen molar-refractivity contribution in [1.82, 2.24) is 10.6 Å². The Morgan fingerprint density at radius 2 is 1.53 bits per heavy atom. The van der Waals surface area contributed by atoms with Crippen molar-refractivity contribution < 1.29 is 14.3 Å². The first-order valence-corrected chi connectivity index (χ1v) is 11.4. The molecule has 0 aliphatic carbocycles. The minimum absolute atomic E-state index is 0.0260. The molecule has 1 atom stereocenters. The molecule has 174 valence electrons. The van der Waals surface area contributed by atoms with E-state index in [0.717, 1.165) is 24.8 Å². The molecule has 0 aliphatic rings. The Balaban J connectivity index is 1.57. The number of unbranched alkanes of at least 4 members (excludes halogenated alkanes) is 1. The Morgan fingerprint density at radius 3 is 2.21 bits per heavy atom. The number of rotatable bonds is 12. The number of amides is 2. The number of nitriles is 1. The predicted molar refractivity (Wildman–Crippen MR) is 131 cm³/mol. The van der Waals surface area contributed by atoms with E-state index in [1.165, 1.54) is 5.56 Å². The lowest BCUT2D eigenvalue weighted by atomic mass is 10.0. The molecule has 0 radical (unpaired) electrons. The highest BCUT2D eigenvalue weighted by Crippen LogP contribution is 2.14. The topological polar surface area (TPSA) is 91.2 Å². The Hall–Kier alpha value is -4.11. The van der Waals surface area contributed by atoms with E-state index in [9.17, 15) is 9.59 Å². The lowest BCUT2D eigenvalue weighted by molar-refractivity contribution is -0.122. The zero-order chi connectivity index (χ0) is 24.0. The molecule has 0 spiro atoms. The van der Waals surface area contributed by atoms with Crippen LogP contribution >= 0.6 is 0 Å². The van der Waals surface area contributed by atoms with Crippen LogP contribution in [0.25, 0.3) is 0 Å². The van der Waals surface area contributed by atoms with E-state index < -0.39 is 6.04 Å². The van der Waals surface area contributed by atoms with Crippen LogP contribution in [0.4, 0.5) is 0 Å². The van der Waals surface area contributed by atoms with Gasteiger partial charge in [0.2, 0.25) is 5.91 Å². The van der Waals surface area contributed by atoms with Gasteiger partial charge in [0.05, 0.1) is 0 Å². The summed E-state index contributed by atoms with van der Waals surface area (Å²) in [6.45, 7) is 0.520. The van der Waals surface area contributed by atoms with Crippen molar-refractivity contribution in [3.05, 3.63) is 102 Å². The fourth-order valence-electron chi connectivity index (χ4n) is 3.55. The van der Waals surface area contributed by atoms with Gasteiger partial charge in [0.25, 0.3) is 5.91 Å². The molecular formula is C28H29N3O3. The van der Waals surface area contributed by atoms with Crippen molar-refractivity contribution in [2.45, 2.75) is 31.7 Å². The number of carbonyl (C=O) groups excluding carboxylic acids is 2. The van der Waals surface area contributed by atoms with Crippen molar-refractivity contribution in [3.8, 4) is 11.8 Å². The molecule has 2 amide bonds. The van der Waals surface area contributed by atoms with Crippen LogP contribution in [0, 0.1) is 11.3 Å². The smallest absolute Gasteiger partial charge is 0.251 e. The predicted octanol–water partition coefficient (Wildman–Crippen LogP) is 4.07. The van der Waals surface area contributed by atoms with Crippen molar-refractivity contribution in [1.29, 1.82) is 5.26 Å². The maximum absolute atomic E-state index is 13.0. The first-order chi connectivity index (χ1) is 16.7. The number of benzene rings is 3. The Labute approximate surface area is 200 Å². The van der Waals surface area contributed by atoms with Gasteiger partial charge in [-0.3, -0.25) is 9.59 Å². The summed E-state index contributed by atoms with van der Waals surface area (Å²) in [5, 5.41) is 14.5. The molecular weight excluding hydrogens is 426 g/mol. The standard InChI is InChI=1S/C28H29N3O3/c29-18-20-34-25-16-14-23(15-17-25)21-26(31-27(32)24-12-5-2-6-13-24)28(33)30-19-8-7-11-22-9-3-1-4-10-22/h1-6,9-10,12-17,26H,7-8,11,19-21H2,(H,30,33)(H,31,32). The van der Waals surface area contributed by atoms with Crippen molar-refractivity contribution in [2.24, 2.45) is 0 Å². The fraction of sp³-hybridized carbons (Fsp3) is 0.250. The number of nitrogens with one attached hydrogen (secondary N) is 2. The SMILES string of the molecule is N#CCOc1ccc(CC(NC(=O)c2ccccc2)C(=O)NCCCCc2ccccc2)cc1. The van der Waals surface area contributed by atoms with E-state index in [1.54, 1.807) is 36.4 Å². The summed E-state index contributed by atoms with van der Waals surface area (Å²) in [6.07, 6.45) is 3.12. The molecule has 2 N–H and O–H groups in total. The maximum Gasteiger partial charge on any atom is 0.251 e. The molecule has 3 aromatic rings. The van der Waals surface area contributed by atoms with Gasteiger partial charge in [-0.2, -0.15) is 5.26 Å². The van der Waals surface area contributed by atoms with E-state index in [-0.39, 0.29) is 18.4 Å². The maximum atomic E-state index is 13.0. The average molecular weight is 456 g/mol. The average Bonchev–Trinajstić information content (AvgIpc) is 2.88. The van der Waals surface area contributed by atoms with E-state index in [0.29, 0.717) is 24.3 Å². The van der Waals surface area contributed by atoms with Gasteiger partial charge in [0.1, 0.15) is 17.9 Å². The minimum Gasteiger partial charge on any atom is -0.479 e. The highest BCUT2D eigenvalue weighted by atomic mass is 16.5. The number of ether oxygens (including phenoxy) is 1. The van der Waals surface area contributed by atoms with Crippen LogP contribution in [0.5, 0.6) is 5.75 Å². The van der Waals surface area contributed by atoms with Crippen LogP contribution in [-0.4, -0.2) is 31.0 Å². The number of hydrogen-bond acceptors (Lipinski definition) is 4. The van der Waals surface area contributed by atoms with Crippen LogP contribution < -0.4 is 15.4 Å². The van der Waals surface area contributed by atoms with Crippen molar-refractivity contribution in [3.63, 3.8) is 0 Å². The van der Waals surface area contributed by atoms with E-state index in [2.05, 4.69) is 22.8 Å². The Bertz CT molecular complexity index is 1080. The zero-order valence-electron chi connectivity index (χ0n) is 19.1. The third-order valence-electron chi connectivity index (χ3n) is 5.36. The second-order valence-electron chi connectivity index (χ2n) is 7.92. The van der Waals surface area contributed by atoms with E-state index in [4.69, 9.17) is 10.00 Å². The summed E-state index contributed by atoms with van der Waals surface area (Å²) in [6, 6.07) is 27.5. The van der Waals surface area contributed by atoms with Gasteiger partial charge >= 0.3 is 0 Å². The molecule has 6 nitrogen and oxygen atoms in total. The quantitative estimate of drug-likeness (QED) is 0.403. The summed E-state index contributed by atoms with van der Waals surface area (Å²) in [7, 11) is 0. The molecule has 6 heteroatoms. The third kappa shape index (κ3) is 8.10. The van der Waals surface area contributed by atoms with Gasteiger partial charge in [0, 0.05) is 18.5 Å². The molecule has 0 aliphatic heterocycles. The molecule has 1 unspecified atom stereocenters. The van der Waals surface area contributed by atoms with Gasteiger partial charge in [-0.05, 0) is 54.7 Å². The second kappa shape index (κ2) is 13.4. The molecule has 3 rings (SSSR count). The zero-order valence-corrected chi connectivity index (χ0v) is 19.1. The molecule has 0 aromatic heterocycles. The summed E-state index contributed by atoms with van der Waals surface area (Å²) in [4.78, 5) is 25.7. The van der Waals surface area contributed by atoms with Gasteiger partial charge in [-0.25, -0.2) is 0 Å². The molecule has 0 heterocycles. The lowest BCUT2D eigenvalue weighted by Gasteiger charge is -2.19. The first-order valence-electron chi connectivity index (χ1n) is 11.4. The molecule has 0 bridgehead atoms. The molecule has 0 saturated carbocycles. The van der Waals surface area contributed by atoms with Crippen molar-refractivity contribution in [2.75, 3.05) is 13.2 Å². The van der Waals surface area contributed by atoms with Crippen LogP contribution in [0.3, 0.4) is 0 Å².